The first-order chi connectivity index (χ1) is 5.65. The van der Waals surface area contributed by atoms with E-state index in [1.807, 2.05) is 6.26 Å². The van der Waals surface area contributed by atoms with Crippen LogP contribution in [0.5, 0.6) is 0 Å². The molecule has 0 saturated heterocycles. The van der Waals surface area contributed by atoms with Crippen LogP contribution in [0.4, 0.5) is 0 Å². The number of hydrogen-bond acceptors (Lipinski definition) is 2. The van der Waals surface area contributed by atoms with Gasteiger partial charge in [-0.2, -0.15) is 0 Å². The van der Waals surface area contributed by atoms with Crippen molar-refractivity contribution in [1.82, 2.24) is 0 Å². The summed E-state index contributed by atoms with van der Waals surface area (Å²) < 4.78 is 5.49. The molecule has 2 heteroatoms. The Morgan fingerprint density at radius 1 is 1.67 bits per heavy atom. The monoisotopic (exact) mass is 169 g/mol. The van der Waals surface area contributed by atoms with E-state index in [-0.39, 0.29) is 12.1 Å². The van der Waals surface area contributed by atoms with Gasteiger partial charge in [-0.3, -0.25) is 0 Å². The van der Waals surface area contributed by atoms with Crippen molar-refractivity contribution < 1.29 is 4.74 Å². The lowest BCUT2D eigenvalue weighted by Gasteiger charge is -2.17. The first-order valence-electron chi connectivity index (χ1n) is 4.75. The van der Waals surface area contributed by atoms with E-state index < -0.39 is 0 Å². The Morgan fingerprint density at radius 3 is 2.75 bits per heavy atom. The Balaban J connectivity index is 2.41. The Morgan fingerprint density at radius 2 is 2.33 bits per heavy atom. The fourth-order valence-corrected chi connectivity index (χ4v) is 1.39. The van der Waals surface area contributed by atoms with Crippen molar-refractivity contribution in [3.05, 3.63) is 11.8 Å². The summed E-state index contributed by atoms with van der Waals surface area (Å²) >= 11 is 0. The van der Waals surface area contributed by atoms with Crippen molar-refractivity contribution in [1.29, 1.82) is 0 Å². The van der Waals surface area contributed by atoms with Gasteiger partial charge in [0.2, 0.25) is 0 Å². The van der Waals surface area contributed by atoms with Crippen LogP contribution in [0.3, 0.4) is 0 Å². The molecule has 0 aromatic heterocycles. The molecule has 0 aliphatic carbocycles. The summed E-state index contributed by atoms with van der Waals surface area (Å²) in [4.78, 5) is 0. The van der Waals surface area contributed by atoms with E-state index in [1.165, 1.54) is 5.57 Å². The number of hydrogen-bond donors (Lipinski definition) is 1. The maximum Gasteiger partial charge on any atom is 0.117 e. The van der Waals surface area contributed by atoms with Crippen molar-refractivity contribution in [2.45, 2.75) is 45.8 Å². The molecule has 2 N–H and O–H groups in total. The quantitative estimate of drug-likeness (QED) is 0.701. The van der Waals surface area contributed by atoms with Gasteiger partial charge in [0.15, 0.2) is 0 Å². The predicted octanol–water partition coefficient (Wildman–Crippen LogP) is 2.05. The third-order valence-corrected chi connectivity index (χ3v) is 2.52. The Hall–Kier alpha value is -0.500. The highest BCUT2D eigenvalue weighted by atomic mass is 16.5. The summed E-state index contributed by atoms with van der Waals surface area (Å²) in [6.07, 6.45) is 4.13. The van der Waals surface area contributed by atoms with Gasteiger partial charge >= 0.3 is 0 Å². The summed E-state index contributed by atoms with van der Waals surface area (Å²) in [5.74, 6) is 0.596. The van der Waals surface area contributed by atoms with Gasteiger partial charge in [-0.1, -0.05) is 20.8 Å². The SMILES string of the molecule is CC[C@@H](N)C1CC(C(C)C)=CO1. The lowest BCUT2D eigenvalue weighted by Crippen LogP contribution is -2.33. The molecule has 70 valence electrons. The van der Waals surface area contributed by atoms with Gasteiger partial charge in [0, 0.05) is 12.5 Å². The van der Waals surface area contributed by atoms with Gasteiger partial charge in [0.1, 0.15) is 6.10 Å². The molecular formula is C10H19NO. The molecule has 0 bridgehead atoms. The summed E-state index contributed by atoms with van der Waals surface area (Å²) in [5.41, 5.74) is 7.27. The highest BCUT2D eigenvalue weighted by Gasteiger charge is 2.24. The van der Waals surface area contributed by atoms with Gasteiger partial charge in [-0.25, -0.2) is 0 Å². The van der Waals surface area contributed by atoms with Crippen molar-refractivity contribution in [2.24, 2.45) is 11.7 Å². The molecule has 0 spiro atoms. The maximum atomic E-state index is 5.88. The normalized spacial score (nSPS) is 25.4. The summed E-state index contributed by atoms with van der Waals surface area (Å²) in [6.45, 7) is 6.48. The van der Waals surface area contributed by atoms with E-state index in [9.17, 15) is 0 Å². The third-order valence-electron chi connectivity index (χ3n) is 2.52. The van der Waals surface area contributed by atoms with Gasteiger partial charge < -0.3 is 10.5 Å². The average molecular weight is 169 g/mol. The topological polar surface area (TPSA) is 35.2 Å². The first-order valence-corrected chi connectivity index (χ1v) is 4.75. The van der Waals surface area contributed by atoms with Crippen LogP contribution in [0.25, 0.3) is 0 Å². The Labute approximate surface area is 74.8 Å². The molecule has 1 aliphatic rings. The Bertz CT molecular complexity index is 175. The third kappa shape index (κ3) is 2.01. The average Bonchev–Trinajstić information content (AvgIpc) is 2.51. The highest BCUT2D eigenvalue weighted by Crippen LogP contribution is 2.26. The van der Waals surface area contributed by atoms with Gasteiger partial charge in [0.25, 0.3) is 0 Å². The standard InChI is InChI=1S/C10H19NO/c1-4-9(11)10-5-8(6-12-10)7(2)3/h6-7,9-10H,4-5,11H2,1-3H3/t9-,10?/m1/s1. The zero-order chi connectivity index (χ0) is 9.14. The lowest BCUT2D eigenvalue weighted by atomic mass is 9.97. The van der Waals surface area contributed by atoms with E-state index in [1.54, 1.807) is 0 Å². The summed E-state index contributed by atoms with van der Waals surface area (Å²) in [5, 5.41) is 0. The molecule has 0 saturated carbocycles. The molecule has 2 nitrogen and oxygen atoms in total. The lowest BCUT2D eigenvalue weighted by molar-refractivity contribution is 0.140. The van der Waals surface area contributed by atoms with Gasteiger partial charge in [0.05, 0.1) is 6.26 Å². The van der Waals surface area contributed by atoms with Crippen LogP contribution >= 0.6 is 0 Å². The van der Waals surface area contributed by atoms with Crippen LogP contribution in [0, 0.1) is 5.92 Å². The zero-order valence-electron chi connectivity index (χ0n) is 8.21. The molecule has 0 radical (unpaired) electrons. The van der Waals surface area contributed by atoms with E-state index in [0.717, 1.165) is 12.8 Å². The van der Waals surface area contributed by atoms with Crippen molar-refractivity contribution in [2.75, 3.05) is 0 Å². The van der Waals surface area contributed by atoms with Crippen LogP contribution in [0.1, 0.15) is 33.6 Å². The number of nitrogens with two attached hydrogens (primary N) is 1. The maximum absolute atomic E-state index is 5.88. The van der Waals surface area contributed by atoms with E-state index in [4.69, 9.17) is 10.5 Å². The Kier molecular flexibility index (Phi) is 3.15. The molecule has 0 amide bonds. The van der Waals surface area contributed by atoms with Crippen molar-refractivity contribution in [3.8, 4) is 0 Å². The summed E-state index contributed by atoms with van der Waals surface area (Å²) in [7, 11) is 0. The smallest absolute Gasteiger partial charge is 0.117 e. The summed E-state index contributed by atoms with van der Waals surface area (Å²) in [6, 6.07) is 0.192. The molecule has 0 aromatic rings. The molecular weight excluding hydrogens is 150 g/mol. The molecule has 2 atom stereocenters. The minimum atomic E-state index is 0.192. The second kappa shape index (κ2) is 3.94. The molecule has 0 aromatic carbocycles. The molecule has 12 heavy (non-hydrogen) atoms. The zero-order valence-corrected chi connectivity index (χ0v) is 8.21. The fraction of sp³-hybridized carbons (Fsp3) is 0.800. The molecule has 1 unspecified atom stereocenters. The van der Waals surface area contributed by atoms with Gasteiger partial charge in [-0.05, 0) is 17.9 Å². The molecule has 1 heterocycles. The van der Waals surface area contributed by atoms with E-state index >= 15 is 0 Å². The predicted molar refractivity (Wildman–Crippen MR) is 50.7 cm³/mol. The fourth-order valence-electron chi connectivity index (χ4n) is 1.39. The van der Waals surface area contributed by atoms with Crippen molar-refractivity contribution >= 4 is 0 Å². The van der Waals surface area contributed by atoms with Crippen LogP contribution in [-0.4, -0.2) is 12.1 Å². The van der Waals surface area contributed by atoms with Crippen LogP contribution < -0.4 is 5.73 Å². The van der Waals surface area contributed by atoms with Crippen molar-refractivity contribution in [3.63, 3.8) is 0 Å². The van der Waals surface area contributed by atoms with Gasteiger partial charge in [-0.15, -0.1) is 0 Å². The van der Waals surface area contributed by atoms with E-state index in [2.05, 4.69) is 20.8 Å². The minimum Gasteiger partial charge on any atom is -0.496 e. The molecule has 1 rings (SSSR count). The van der Waals surface area contributed by atoms with Crippen LogP contribution in [-0.2, 0) is 4.74 Å². The molecule has 1 aliphatic heterocycles. The minimum absolute atomic E-state index is 0.192. The van der Waals surface area contributed by atoms with E-state index in [0.29, 0.717) is 5.92 Å². The first kappa shape index (κ1) is 9.59. The number of ether oxygens (including phenoxy) is 1. The second-order valence-electron chi connectivity index (χ2n) is 3.80. The largest absolute Gasteiger partial charge is 0.496 e. The second-order valence-corrected chi connectivity index (χ2v) is 3.80. The number of rotatable bonds is 3. The van der Waals surface area contributed by atoms with Crippen LogP contribution in [0.15, 0.2) is 11.8 Å². The highest BCUT2D eigenvalue weighted by molar-refractivity contribution is 5.09. The molecule has 0 fully saturated rings. The van der Waals surface area contributed by atoms with Crippen LogP contribution in [0.2, 0.25) is 0 Å².